The first-order valence-corrected chi connectivity index (χ1v) is 16.9. The molecule has 5 heteroatoms. The van der Waals surface area contributed by atoms with Gasteiger partial charge in [0, 0.05) is 37.0 Å². The molecule has 3 heterocycles. The average Bonchev–Trinajstić information content (AvgIpc) is 3.77. The third-order valence-electron chi connectivity index (χ3n) is 9.94. The summed E-state index contributed by atoms with van der Waals surface area (Å²) < 4.78 is 15.0. The van der Waals surface area contributed by atoms with E-state index in [0.717, 1.165) is 61.9 Å². The van der Waals surface area contributed by atoms with E-state index in [-0.39, 0.29) is 0 Å². The lowest BCUT2D eigenvalue weighted by atomic mass is 9.76. The first-order valence-electron chi connectivity index (χ1n) is 16.1. The summed E-state index contributed by atoms with van der Waals surface area (Å²) in [6, 6.07) is 50.6. The number of para-hydroxylation sites is 3. The van der Waals surface area contributed by atoms with Crippen molar-refractivity contribution in [3.8, 4) is 45.3 Å². The molecule has 48 heavy (non-hydrogen) atoms. The van der Waals surface area contributed by atoms with E-state index in [1.165, 1.54) is 31.7 Å². The van der Waals surface area contributed by atoms with E-state index < -0.39 is 5.41 Å². The fourth-order valence-corrected chi connectivity index (χ4v) is 9.33. The molecule has 0 bridgehead atoms. The van der Waals surface area contributed by atoms with Crippen LogP contribution in [0.3, 0.4) is 0 Å². The number of nitrogens with zero attached hydrogens (tertiary/aromatic N) is 2. The largest absolute Gasteiger partial charge is 0.452 e. The Hall–Kier alpha value is -6.04. The van der Waals surface area contributed by atoms with Gasteiger partial charge in [0.2, 0.25) is 0 Å². The van der Waals surface area contributed by atoms with Gasteiger partial charge in [0.15, 0.2) is 28.8 Å². The van der Waals surface area contributed by atoms with Crippen molar-refractivity contribution in [2.45, 2.75) is 5.41 Å². The summed E-state index contributed by atoms with van der Waals surface area (Å²) in [6.07, 6.45) is 0. The van der Waals surface area contributed by atoms with Gasteiger partial charge in [0.1, 0.15) is 5.41 Å². The van der Waals surface area contributed by atoms with Crippen molar-refractivity contribution in [2.75, 3.05) is 0 Å². The van der Waals surface area contributed by atoms with E-state index in [1.807, 2.05) is 53.8 Å². The topological polar surface area (TPSA) is 44.2 Å². The first kappa shape index (κ1) is 26.1. The molecule has 11 rings (SSSR count). The number of thiophene rings is 1. The van der Waals surface area contributed by atoms with Gasteiger partial charge in [0.05, 0.1) is 11.2 Å². The Morgan fingerprint density at radius 3 is 2.15 bits per heavy atom. The van der Waals surface area contributed by atoms with Crippen molar-refractivity contribution in [3.05, 3.63) is 173 Å². The van der Waals surface area contributed by atoms with Crippen LogP contribution in [0.4, 0.5) is 0 Å². The van der Waals surface area contributed by atoms with Crippen molar-refractivity contribution in [1.82, 2.24) is 9.97 Å². The Morgan fingerprint density at radius 2 is 1.25 bits per heavy atom. The van der Waals surface area contributed by atoms with E-state index in [9.17, 15) is 0 Å². The van der Waals surface area contributed by atoms with E-state index in [2.05, 4.69) is 103 Å². The summed E-state index contributed by atoms with van der Waals surface area (Å²) in [5, 5.41) is 2.22. The van der Waals surface area contributed by atoms with Crippen LogP contribution < -0.4 is 9.47 Å². The molecule has 224 valence electrons. The van der Waals surface area contributed by atoms with Crippen LogP contribution in [0.15, 0.2) is 151 Å². The normalized spacial score (nSPS) is 16.7. The summed E-state index contributed by atoms with van der Waals surface area (Å²) in [6.45, 7) is 0. The van der Waals surface area contributed by atoms with Crippen molar-refractivity contribution >= 4 is 38.1 Å². The summed E-state index contributed by atoms with van der Waals surface area (Å²) in [5.74, 6) is 3.81. The monoisotopic (exact) mass is 632 g/mol. The Balaban J connectivity index is 1.18. The van der Waals surface area contributed by atoms with Gasteiger partial charge in [-0.2, -0.15) is 0 Å². The molecule has 0 saturated carbocycles. The number of aromatic nitrogens is 2. The summed E-state index contributed by atoms with van der Waals surface area (Å²) in [4.78, 5) is 11.5. The van der Waals surface area contributed by atoms with Gasteiger partial charge >= 0.3 is 0 Å². The van der Waals surface area contributed by atoms with Crippen LogP contribution in [0.25, 0.3) is 60.5 Å². The van der Waals surface area contributed by atoms with E-state index in [0.29, 0.717) is 5.82 Å². The van der Waals surface area contributed by atoms with Crippen molar-refractivity contribution in [1.29, 1.82) is 0 Å². The molecule has 8 aromatic rings. The molecular weight excluding hydrogens is 609 g/mol. The van der Waals surface area contributed by atoms with Crippen LogP contribution in [-0.4, -0.2) is 9.97 Å². The van der Waals surface area contributed by atoms with Gasteiger partial charge in [-0.15, -0.1) is 11.3 Å². The summed E-state index contributed by atoms with van der Waals surface area (Å²) >= 11 is 1.83. The second kappa shape index (κ2) is 9.50. The number of hydrogen-bond acceptors (Lipinski definition) is 5. The van der Waals surface area contributed by atoms with Crippen LogP contribution in [0, 0.1) is 0 Å². The Kier molecular flexibility index (Phi) is 5.16. The first-order chi connectivity index (χ1) is 23.8. The molecule has 4 nitrogen and oxygen atoms in total. The smallest absolute Gasteiger partial charge is 0.176 e. The molecule has 0 fully saturated rings. The molecule has 0 amide bonds. The quantitative estimate of drug-likeness (QED) is 0.190. The van der Waals surface area contributed by atoms with E-state index in [1.54, 1.807) is 0 Å². The Labute approximate surface area is 280 Å². The fourth-order valence-electron chi connectivity index (χ4n) is 7.92. The fraction of sp³-hybridized carbons (Fsp3) is 0.0233. The maximum Gasteiger partial charge on any atom is 0.176 e. The van der Waals surface area contributed by atoms with Crippen LogP contribution >= 0.6 is 11.3 Å². The predicted octanol–water partition coefficient (Wildman–Crippen LogP) is 10.6. The van der Waals surface area contributed by atoms with Crippen LogP contribution in [0.1, 0.15) is 21.6 Å². The number of rotatable bonds is 2. The minimum absolute atomic E-state index is 0.661. The molecule has 1 unspecified atom stereocenters. The maximum atomic E-state index is 6.96. The molecule has 0 N–H and O–H groups in total. The zero-order valence-electron chi connectivity index (χ0n) is 25.5. The average molecular weight is 633 g/mol. The van der Waals surface area contributed by atoms with Crippen molar-refractivity contribution in [3.63, 3.8) is 0 Å². The summed E-state index contributed by atoms with van der Waals surface area (Å²) in [7, 11) is 0. The van der Waals surface area contributed by atoms with Gasteiger partial charge in [-0.25, -0.2) is 9.97 Å². The SMILES string of the molecule is c1ccc(-c2nc(-c3ccc4c(c3)-c3ccccc3C43C4=C(Oc5ccccc5O4)c4c3sc3ccccc43)nc3ccccc23)cc1. The summed E-state index contributed by atoms with van der Waals surface area (Å²) in [5.41, 5.74) is 9.06. The van der Waals surface area contributed by atoms with Crippen LogP contribution in [0.5, 0.6) is 11.5 Å². The van der Waals surface area contributed by atoms with Crippen LogP contribution in [0.2, 0.25) is 0 Å². The molecule has 6 aromatic carbocycles. The zero-order chi connectivity index (χ0) is 31.4. The highest BCUT2D eigenvalue weighted by molar-refractivity contribution is 7.19. The molecule has 1 atom stereocenters. The number of hydrogen-bond donors (Lipinski definition) is 0. The van der Waals surface area contributed by atoms with Crippen LogP contribution in [-0.2, 0) is 5.41 Å². The van der Waals surface area contributed by atoms with Gasteiger partial charge in [-0.1, -0.05) is 115 Å². The molecule has 1 aliphatic heterocycles. The standard InChI is InChI=1S/C43H24N2O2S/c1-2-12-25(13-3-1)38-28-15-5-8-18-33(28)44-42(45-38)26-22-23-32-30(24-26)27-14-4-7-17-31(27)43(32)40-39(46-34-19-9-10-20-35(34)47-40)37-29-16-6-11-21-36(29)48-41(37)43/h1-24H. The highest BCUT2D eigenvalue weighted by Gasteiger charge is 2.58. The van der Waals surface area contributed by atoms with Gasteiger partial charge in [-0.3, -0.25) is 0 Å². The van der Waals surface area contributed by atoms with Gasteiger partial charge < -0.3 is 9.47 Å². The Morgan fingerprint density at radius 1 is 0.542 bits per heavy atom. The lowest BCUT2D eigenvalue weighted by Gasteiger charge is -2.32. The second-order valence-electron chi connectivity index (χ2n) is 12.4. The molecule has 2 aliphatic carbocycles. The third-order valence-corrected chi connectivity index (χ3v) is 11.2. The number of allylic oxidation sites excluding steroid dienone is 1. The number of ether oxygens (including phenoxy) is 2. The van der Waals surface area contributed by atoms with Gasteiger partial charge in [-0.05, 0) is 52.6 Å². The highest BCUT2D eigenvalue weighted by Crippen LogP contribution is 2.66. The second-order valence-corrected chi connectivity index (χ2v) is 13.5. The number of benzene rings is 6. The minimum Gasteiger partial charge on any atom is -0.452 e. The van der Waals surface area contributed by atoms with E-state index >= 15 is 0 Å². The lowest BCUT2D eigenvalue weighted by Crippen LogP contribution is -2.30. The van der Waals surface area contributed by atoms with Gasteiger partial charge in [0.25, 0.3) is 0 Å². The molecule has 0 saturated heterocycles. The number of fused-ring (bicyclic) bond motifs is 13. The molecule has 0 radical (unpaired) electrons. The predicted molar refractivity (Wildman–Crippen MR) is 192 cm³/mol. The molecule has 1 spiro atoms. The van der Waals surface area contributed by atoms with Crippen molar-refractivity contribution < 1.29 is 9.47 Å². The molecular formula is C43H24N2O2S. The minimum atomic E-state index is -0.661. The van der Waals surface area contributed by atoms with Crippen molar-refractivity contribution in [2.24, 2.45) is 0 Å². The molecule has 3 aliphatic rings. The Bertz CT molecular complexity index is 2690. The molecule has 2 aromatic heterocycles. The highest BCUT2D eigenvalue weighted by atomic mass is 32.1. The maximum absolute atomic E-state index is 6.96. The lowest BCUT2D eigenvalue weighted by molar-refractivity contribution is 0.317. The third kappa shape index (κ3) is 3.33. The zero-order valence-corrected chi connectivity index (χ0v) is 26.3. The van der Waals surface area contributed by atoms with E-state index in [4.69, 9.17) is 19.4 Å².